The average molecular weight is 597 g/mol. The molecule has 0 aromatic heterocycles. The average Bonchev–Trinajstić information content (AvgIpc) is 3.12. The normalized spacial score (nSPS) is 42.2. The Morgan fingerprint density at radius 3 is 2.02 bits per heavy atom. The second-order valence-corrected chi connectivity index (χ2v) is 12.8. The van der Waals surface area contributed by atoms with Gasteiger partial charge in [0, 0.05) is 51.9 Å². The van der Waals surface area contributed by atoms with Gasteiger partial charge in [-0.1, -0.05) is 6.92 Å². The van der Waals surface area contributed by atoms with E-state index in [2.05, 4.69) is 0 Å². The zero-order chi connectivity index (χ0) is 31.3. The van der Waals surface area contributed by atoms with Crippen molar-refractivity contribution in [2.75, 3.05) is 13.2 Å². The maximum absolute atomic E-state index is 13.1. The molecule has 4 fully saturated rings. The molecule has 12 nitrogen and oxygen atoms in total. The number of hydrogen-bond acceptors (Lipinski definition) is 12. The van der Waals surface area contributed by atoms with Crippen molar-refractivity contribution in [2.45, 2.75) is 116 Å². The molecule has 4 saturated carbocycles. The van der Waals surface area contributed by atoms with Crippen LogP contribution in [-0.2, 0) is 47.7 Å². The van der Waals surface area contributed by atoms with Gasteiger partial charge in [-0.15, -0.1) is 0 Å². The second kappa shape index (κ2) is 11.4. The summed E-state index contributed by atoms with van der Waals surface area (Å²) in [7, 11) is 0. The molecule has 0 aromatic rings. The van der Waals surface area contributed by atoms with E-state index in [1.54, 1.807) is 6.92 Å². The predicted octanol–water partition coefficient (Wildman–Crippen LogP) is 2.00. The van der Waals surface area contributed by atoms with Crippen LogP contribution in [0.1, 0.15) is 86.5 Å². The van der Waals surface area contributed by atoms with Gasteiger partial charge in [-0.2, -0.15) is 0 Å². The van der Waals surface area contributed by atoms with E-state index < -0.39 is 94.6 Å². The molecule has 0 aliphatic heterocycles. The number of aliphatic hydroxyl groups is 2. The summed E-state index contributed by atoms with van der Waals surface area (Å²) in [5, 5.41) is 25.1. The minimum atomic E-state index is -1.70. The molecule has 0 bridgehead atoms. The highest BCUT2D eigenvalue weighted by Gasteiger charge is 2.77. The lowest BCUT2D eigenvalue weighted by atomic mass is 9.40. The number of carbonyl (C=O) groups excluding carboxylic acids is 5. The first-order valence-electron chi connectivity index (χ1n) is 14.8. The van der Waals surface area contributed by atoms with Crippen molar-refractivity contribution in [2.24, 2.45) is 28.6 Å². The highest BCUT2D eigenvalue weighted by molar-refractivity contribution is 5.74. The van der Waals surface area contributed by atoms with Crippen LogP contribution in [0.5, 0.6) is 0 Å². The largest absolute Gasteiger partial charge is 0.466 e. The third-order valence-electron chi connectivity index (χ3n) is 10.6. The number of fused-ring (bicyclic) bond motifs is 5. The highest BCUT2D eigenvalue weighted by Crippen LogP contribution is 2.71. The van der Waals surface area contributed by atoms with Gasteiger partial charge in [0.15, 0.2) is 0 Å². The van der Waals surface area contributed by atoms with Crippen molar-refractivity contribution in [3.8, 4) is 0 Å². The number of hydrogen-bond donors (Lipinski definition) is 2. The molecular weight excluding hydrogens is 552 g/mol. The first kappa shape index (κ1) is 32.2. The monoisotopic (exact) mass is 596 g/mol. The van der Waals surface area contributed by atoms with Gasteiger partial charge in [0.25, 0.3) is 0 Å². The Labute approximate surface area is 245 Å². The minimum absolute atomic E-state index is 0.000106. The number of carbonyl (C=O) groups is 5. The molecule has 4 aliphatic carbocycles. The van der Waals surface area contributed by atoms with Gasteiger partial charge >= 0.3 is 29.8 Å². The molecule has 0 radical (unpaired) electrons. The lowest BCUT2D eigenvalue weighted by Gasteiger charge is -2.68. The molecule has 0 heterocycles. The van der Waals surface area contributed by atoms with E-state index in [1.807, 2.05) is 6.92 Å². The highest BCUT2D eigenvalue weighted by atomic mass is 16.6. The SMILES string of the molecule is CCOC(=O)[C@H]1CC[C@@]2(O)[C@@H]3CC[C@@]4(O)C[C@H](OC(C)=O)C[C@H](OC(C)=O)[C@]4(COC(C)=O)[C@H]3[C@H](OC(C)=O)C[C@]12C. The predicted molar refractivity (Wildman–Crippen MR) is 143 cm³/mol. The van der Waals surface area contributed by atoms with Crippen LogP contribution in [-0.4, -0.2) is 82.8 Å². The fraction of sp³-hybridized carbons (Fsp3) is 0.833. The standard InChI is InChI=1S/C30H44O12/c1-7-38-26(35)22-9-11-30(37)21-8-10-28(36)13-20(40-17(3)32)12-24(42-19(5)34)29(28,15-39-16(2)31)25(21)23(41-18(4)33)14-27(22,30)6/h20-25,36-37H,7-15H2,1-6H3/t20-,21-,22-,23-,24+,25-,27-,28-,29-,30-/m1/s1. The van der Waals surface area contributed by atoms with E-state index in [-0.39, 0.29) is 45.1 Å². The van der Waals surface area contributed by atoms with Crippen molar-refractivity contribution in [3.05, 3.63) is 0 Å². The molecule has 10 atom stereocenters. The molecule has 0 aromatic carbocycles. The summed E-state index contributed by atoms with van der Waals surface area (Å²) >= 11 is 0. The Morgan fingerprint density at radius 2 is 1.45 bits per heavy atom. The van der Waals surface area contributed by atoms with E-state index in [4.69, 9.17) is 23.7 Å². The summed E-state index contributed by atoms with van der Waals surface area (Å²) in [6.45, 7) is 8.24. The zero-order valence-electron chi connectivity index (χ0n) is 25.3. The minimum Gasteiger partial charge on any atom is -0.466 e. The van der Waals surface area contributed by atoms with E-state index in [0.717, 1.165) is 0 Å². The fourth-order valence-corrected chi connectivity index (χ4v) is 9.23. The summed E-state index contributed by atoms with van der Waals surface area (Å²) in [6.07, 6.45) is -1.89. The molecule has 4 aliphatic rings. The van der Waals surface area contributed by atoms with Crippen LogP contribution in [0.4, 0.5) is 0 Å². The van der Waals surface area contributed by atoms with Crippen LogP contribution in [0.25, 0.3) is 0 Å². The smallest absolute Gasteiger partial charge is 0.309 e. The Hall–Kier alpha value is -2.73. The lowest BCUT2D eigenvalue weighted by molar-refractivity contribution is -0.320. The van der Waals surface area contributed by atoms with Crippen LogP contribution in [0.15, 0.2) is 0 Å². The summed E-state index contributed by atoms with van der Waals surface area (Å²) in [6, 6.07) is 0. The topological polar surface area (TPSA) is 172 Å². The molecule has 2 N–H and O–H groups in total. The van der Waals surface area contributed by atoms with Gasteiger partial charge in [-0.25, -0.2) is 0 Å². The van der Waals surface area contributed by atoms with Gasteiger partial charge in [-0.05, 0) is 44.9 Å². The summed E-state index contributed by atoms with van der Waals surface area (Å²) in [4.78, 5) is 62.3. The Morgan fingerprint density at radius 1 is 0.810 bits per heavy atom. The number of rotatable bonds is 7. The van der Waals surface area contributed by atoms with Crippen LogP contribution >= 0.6 is 0 Å². The van der Waals surface area contributed by atoms with Gasteiger partial charge in [0.2, 0.25) is 0 Å². The third kappa shape index (κ3) is 5.08. The van der Waals surface area contributed by atoms with Gasteiger partial charge in [-0.3, -0.25) is 24.0 Å². The molecule has 236 valence electrons. The van der Waals surface area contributed by atoms with E-state index >= 15 is 0 Å². The van der Waals surface area contributed by atoms with Gasteiger partial charge in [0.1, 0.15) is 24.9 Å². The van der Waals surface area contributed by atoms with E-state index in [1.165, 1.54) is 27.7 Å². The number of esters is 5. The molecule has 0 saturated heterocycles. The molecule has 4 rings (SSSR count). The third-order valence-corrected chi connectivity index (χ3v) is 10.6. The van der Waals surface area contributed by atoms with Crippen LogP contribution < -0.4 is 0 Å². The molecular formula is C30H44O12. The molecule has 12 heteroatoms. The van der Waals surface area contributed by atoms with Crippen LogP contribution in [0.2, 0.25) is 0 Å². The maximum Gasteiger partial charge on any atom is 0.309 e. The summed E-state index contributed by atoms with van der Waals surface area (Å²) in [5.74, 6) is -5.05. The molecule has 0 unspecified atom stereocenters. The Kier molecular flexibility index (Phi) is 8.74. The van der Waals surface area contributed by atoms with Gasteiger partial charge < -0.3 is 33.9 Å². The lowest BCUT2D eigenvalue weighted by Crippen LogP contribution is -2.76. The second-order valence-electron chi connectivity index (χ2n) is 12.8. The zero-order valence-corrected chi connectivity index (χ0v) is 25.3. The summed E-state index contributed by atoms with van der Waals surface area (Å²) < 4.78 is 28.3. The first-order chi connectivity index (χ1) is 19.5. The van der Waals surface area contributed by atoms with E-state index in [0.29, 0.717) is 6.42 Å². The summed E-state index contributed by atoms with van der Waals surface area (Å²) in [5.41, 5.74) is -5.72. The molecule has 0 amide bonds. The van der Waals surface area contributed by atoms with Gasteiger partial charge in [0.05, 0.1) is 29.1 Å². The van der Waals surface area contributed by atoms with Crippen LogP contribution in [0, 0.1) is 28.6 Å². The van der Waals surface area contributed by atoms with Crippen molar-refractivity contribution in [3.63, 3.8) is 0 Å². The van der Waals surface area contributed by atoms with Crippen molar-refractivity contribution in [1.82, 2.24) is 0 Å². The van der Waals surface area contributed by atoms with Crippen molar-refractivity contribution < 1.29 is 57.9 Å². The van der Waals surface area contributed by atoms with E-state index in [9.17, 15) is 34.2 Å². The molecule has 0 spiro atoms. The fourth-order valence-electron chi connectivity index (χ4n) is 9.23. The number of ether oxygens (including phenoxy) is 5. The van der Waals surface area contributed by atoms with Crippen LogP contribution in [0.3, 0.4) is 0 Å². The van der Waals surface area contributed by atoms with Crippen molar-refractivity contribution in [1.29, 1.82) is 0 Å². The maximum atomic E-state index is 13.1. The molecule has 42 heavy (non-hydrogen) atoms. The van der Waals surface area contributed by atoms with Crippen molar-refractivity contribution >= 4 is 29.8 Å². The first-order valence-corrected chi connectivity index (χ1v) is 14.8. The Bertz CT molecular complexity index is 1120. The quantitative estimate of drug-likeness (QED) is 0.324. The Balaban J connectivity index is 1.92.